The number of sulfonamides is 1. The van der Waals surface area contributed by atoms with Gasteiger partial charge in [-0.05, 0) is 36.4 Å². The smallest absolute Gasteiger partial charge is 0.243 e. The summed E-state index contributed by atoms with van der Waals surface area (Å²) in [5.41, 5.74) is 0.817. The quantitative estimate of drug-likeness (QED) is 0.498. The number of carbonyl (C=O) groups excluding carboxylic acids is 1. The number of carbonyl (C=O) groups is 1. The molecule has 0 radical (unpaired) electrons. The van der Waals surface area contributed by atoms with Crippen LogP contribution in [0.15, 0.2) is 47.4 Å². The van der Waals surface area contributed by atoms with Crippen molar-refractivity contribution in [1.29, 1.82) is 0 Å². The van der Waals surface area contributed by atoms with Crippen LogP contribution in [0.3, 0.4) is 0 Å². The first kappa shape index (κ1) is 23.4. The van der Waals surface area contributed by atoms with Crippen LogP contribution in [0, 0.1) is 0 Å². The highest BCUT2D eigenvalue weighted by atomic mass is 32.2. The molecule has 12 heteroatoms. The lowest BCUT2D eigenvalue weighted by Gasteiger charge is -2.17. The number of hydrogen-bond donors (Lipinski definition) is 1. The SMILES string of the molecule is COc1ccc(-c2nnc(NC(=O)CN(C)S(=O)(=O)c3ccc(OC)c(OC)c3)s2)cc1. The second kappa shape index (κ2) is 9.94. The van der Waals surface area contributed by atoms with Gasteiger partial charge in [-0.1, -0.05) is 11.3 Å². The number of benzene rings is 2. The summed E-state index contributed by atoms with van der Waals surface area (Å²) in [6.07, 6.45) is 0. The minimum atomic E-state index is -3.94. The van der Waals surface area contributed by atoms with E-state index >= 15 is 0 Å². The molecule has 0 aliphatic rings. The van der Waals surface area contributed by atoms with Gasteiger partial charge in [0.2, 0.25) is 21.1 Å². The fourth-order valence-corrected chi connectivity index (χ4v) is 4.64. The van der Waals surface area contributed by atoms with Crippen molar-refractivity contribution in [3.63, 3.8) is 0 Å². The molecule has 0 unspecified atom stereocenters. The van der Waals surface area contributed by atoms with Gasteiger partial charge < -0.3 is 14.2 Å². The van der Waals surface area contributed by atoms with Crippen LogP contribution in [0.5, 0.6) is 17.2 Å². The summed E-state index contributed by atoms with van der Waals surface area (Å²) in [4.78, 5) is 12.4. The number of nitrogens with one attached hydrogen (secondary N) is 1. The Morgan fingerprint density at radius 3 is 2.31 bits per heavy atom. The topological polar surface area (TPSA) is 120 Å². The highest BCUT2D eigenvalue weighted by Gasteiger charge is 2.25. The molecule has 0 saturated carbocycles. The van der Waals surface area contributed by atoms with Crippen molar-refractivity contribution < 1.29 is 27.4 Å². The standard InChI is InChI=1S/C20H22N4O6S2/c1-24(32(26,27)15-9-10-16(29-3)17(11-15)30-4)12-18(25)21-20-23-22-19(31-20)13-5-7-14(28-2)8-6-13/h5-11H,12H2,1-4H3,(H,21,23,25). The molecule has 170 valence electrons. The third-order valence-electron chi connectivity index (χ3n) is 4.44. The highest BCUT2D eigenvalue weighted by Crippen LogP contribution is 2.31. The molecule has 1 amide bonds. The molecule has 3 rings (SSSR count). The fraction of sp³-hybridized carbons (Fsp3) is 0.250. The van der Waals surface area contributed by atoms with Crippen molar-refractivity contribution in [3.8, 4) is 27.8 Å². The van der Waals surface area contributed by atoms with Crippen molar-refractivity contribution >= 4 is 32.4 Å². The first-order valence-corrected chi connectivity index (χ1v) is 11.5. The molecule has 0 spiro atoms. The van der Waals surface area contributed by atoms with Crippen molar-refractivity contribution in [1.82, 2.24) is 14.5 Å². The van der Waals surface area contributed by atoms with Gasteiger partial charge in [-0.25, -0.2) is 8.42 Å². The third-order valence-corrected chi connectivity index (χ3v) is 7.12. The zero-order valence-electron chi connectivity index (χ0n) is 17.9. The van der Waals surface area contributed by atoms with Crippen molar-refractivity contribution in [2.45, 2.75) is 4.90 Å². The fourth-order valence-electron chi connectivity index (χ4n) is 2.73. The van der Waals surface area contributed by atoms with E-state index in [0.29, 0.717) is 16.5 Å². The molecular weight excluding hydrogens is 456 g/mol. The average Bonchev–Trinajstić information content (AvgIpc) is 3.26. The highest BCUT2D eigenvalue weighted by molar-refractivity contribution is 7.89. The lowest BCUT2D eigenvalue weighted by atomic mass is 10.2. The second-order valence-corrected chi connectivity index (χ2v) is 9.49. The predicted octanol–water partition coefficient (Wildman–Crippen LogP) is 2.49. The van der Waals surface area contributed by atoms with Gasteiger partial charge in [-0.15, -0.1) is 10.2 Å². The summed E-state index contributed by atoms with van der Waals surface area (Å²) >= 11 is 1.17. The Hall–Kier alpha value is -3.22. The van der Waals surface area contributed by atoms with E-state index in [4.69, 9.17) is 14.2 Å². The van der Waals surface area contributed by atoms with Crippen LogP contribution in [0.25, 0.3) is 10.6 Å². The van der Waals surface area contributed by atoms with Crippen molar-refractivity contribution in [2.75, 3.05) is 40.2 Å². The molecule has 0 bridgehead atoms. The van der Waals surface area contributed by atoms with E-state index in [-0.39, 0.29) is 15.8 Å². The van der Waals surface area contributed by atoms with Crippen LogP contribution in [-0.4, -0.2) is 63.7 Å². The summed E-state index contributed by atoms with van der Waals surface area (Å²) in [6, 6.07) is 11.5. The lowest BCUT2D eigenvalue weighted by Crippen LogP contribution is -2.35. The van der Waals surface area contributed by atoms with Crippen LogP contribution in [0.4, 0.5) is 5.13 Å². The maximum Gasteiger partial charge on any atom is 0.243 e. The summed E-state index contributed by atoms with van der Waals surface area (Å²) in [7, 11) is 1.82. The summed E-state index contributed by atoms with van der Waals surface area (Å²) < 4.78 is 42.0. The summed E-state index contributed by atoms with van der Waals surface area (Å²) in [6.45, 7) is -0.409. The van der Waals surface area contributed by atoms with Crippen LogP contribution in [0.2, 0.25) is 0 Å². The normalized spacial score (nSPS) is 11.3. The van der Waals surface area contributed by atoms with Crippen LogP contribution in [-0.2, 0) is 14.8 Å². The zero-order valence-corrected chi connectivity index (χ0v) is 19.5. The van der Waals surface area contributed by atoms with Gasteiger partial charge >= 0.3 is 0 Å². The zero-order chi connectivity index (χ0) is 23.3. The van der Waals surface area contributed by atoms with E-state index in [9.17, 15) is 13.2 Å². The van der Waals surface area contributed by atoms with E-state index in [2.05, 4.69) is 15.5 Å². The molecular formula is C20H22N4O6S2. The molecule has 0 aliphatic carbocycles. The Kier molecular flexibility index (Phi) is 7.28. The molecule has 32 heavy (non-hydrogen) atoms. The average molecular weight is 479 g/mol. The Bertz CT molecular complexity index is 1200. The Morgan fingerprint density at radius 1 is 1.00 bits per heavy atom. The number of methoxy groups -OCH3 is 3. The number of amides is 1. The molecule has 1 N–H and O–H groups in total. The Morgan fingerprint density at radius 2 is 1.69 bits per heavy atom. The predicted molar refractivity (Wildman–Crippen MR) is 120 cm³/mol. The van der Waals surface area contributed by atoms with Gasteiger partial charge in [-0.2, -0.15) is 4.31 Å². The minimum Gasteiger partial charge on any atom is -0.497 e. The van der Waals surface area contributed by atoms with Crippen LogP contribution >= 0.6 is 11.3 Å². The molecule has 0 fully saturated rings. The number of aromatic nitrogens is 2. The van der Waals surface area contributed by atoms with Crippen LogP contribution < -0.4 is 19.5 Å². The minimum absolute atomic E-state index is 0.0249. The van der Waals surface area contributed by atoms with Gasteiger partial charge in [0.1, 0.15) is 10.8 Å². The maximum absolute atomic E-state index is 12.8. The van der Waals surface area contributed by atoms with Gasteiger partial charge in [0.25, 0.3) is 0 Å². The van der Waals surface area contributed by atoms with E-state index in [1.54, 1.807) is 19.2 Å². The van der Waals surface area contributed by atoms with Crippen molar-refractivity contribution in [3.05, 3.63) is 42.5 Å². The molecule has 0 aliphatic heterocycles. The van der Waals surface area contributed by atoms with Gasteiger partial charge in [0.15, 0.2) is 11.5 Å². The maximum atomic E-state index is 12.8. The van der Waals surface area contributed by atoms with Gasteiger partial charge in [0.05, 0.1) is 32.8 Å². The van der Waals surface area contributed by atoms with Gasteiger partial charge in [-0.3, -0.25) is 10.1 Å². The first-order valence-electron chi connectivity index (χ1n) is 9.24. The number of hydrogen-bond acceptors (Lipinski definition) is 9. The number of rotatable bonds is 9. The molecule has 3 aromatic rings. The van der Waals surface area contributed by atoms with E-state index in [1.807, 2.05) is 12.1 Å². The molecule has 10 nitrogen and oxygen atoms in total. The lowest BCUT2D eigenvalue weighted by molar-refractivity contribution is -0.116. The van der Waals surface area contributed by atoms with Crippen molar-refractivity contribution in [2.24, 2.45) is 0 Å². The van der Waals surface area contributed by atoms with E-state index < -0.39 is 22.5 Å². The Balaban J connectivity index is 1.67. The van der Waals surface area contributed by atoms with E-state index in [1.165, 1.54) is 50.8 Å². The number of ether oxygens (including phenoxy) is 3. The largest absolute Gasteiger partial charge is 0.497 e. The number of nitrogens with zero attached hydrogens (tertiary/aromatic N) is 3. The molecule has 0 saturated heterocycles. The molecule has 1 aromatic heterocycles. The number of likely N-dealkylation sites (N-methyl/N-ethyl adjacent to an activating group) is 1. The monoisotopic (exact) mass is 478 g/mol. The molecule has 2 aromatic carbocycles. The van der Waals surface area contributed by atoms with E-state index in [0.717, 1.165) is 9.87 Å². The van der Waals surface area contributed by atoms with Crippen LogP contribution in [0.1, 0.15) is 0 Å². The summed E-state index contributed by atoms with van der Waals surface area (Å²) in [5, 5.41) is 11.5. The van der Waals surface area contributed by atoms with Gasteiger partial charge in [0, 0.05) is 18.7 Å². The molecule has 0 atom stereocenters. The second-order valence-electron chi connectivity index (χ2n) is 6.47. The molecule has 1 heterocycles. The Labute approximate surface area is 189 Å². The first-order chi connectivity index (χ1) is 15.3. The summed E-state index contributed by atoms with van der Waals surface area (Å²) in [5.74, 6) is 0.835. The number of anilines is 1. The third kappa shape index (κ3) is 5.15.